The fourth-order valence-electron chi connectivity index (χ4n) is 1.53. The van der Waals surface area contributed by atoms with Crippen LogP contribution in [0.1, 0.15) is 22.5 Å². The molecule has 0 saturated heterocycles. The quantitative estimate of drug-likeness (QED) is 0.662. The largest absolute Gasteiger partial charge is 0.489 e. The minimum Gasteiger partial charge on any atom is -0.489 e. The van der Waals surface area contributed by atoms with E-state index in [0.29, 0.717) is 17.9 Å². The van der Waals surface area contributed by atoms with E-state index in [1.807, 2.05) is 13.0 Å². The number of carbonyl (C=O) groups excluding carboxylic acids is 1. The zero-order valence-electron chi connectivity index (χ0n) is 8.28. The molecule has 0 radical (unpaired) electrons. The third kappa shape index (κ3) is 1.43. The van der Waals surface area contributed by atoms with Crippen LogP contribution in [-0.2, 0) is 11.8 Å². The lowest BCUT2D eigenvalue weighted by Crippen LogP contribution is -2.04. The van der Waals surface area contributed by atoms with Crippen LogP contribution in [0, 0.1) is 6.92 Å². The summed E-state index contributed by atoms with van der Waals surface area (Å²) in [6, 6.07) is 0. The second-order valence-corrected chi connectivity index (χ2v) is 3.34. The monoisotopic (exact) mass is 192 g/mol. The Kier molecular flexibility index (Phi) is 2.11. The van der Waals surface area contributed by atoms with Crippen LogP contribution in [0.4, 0.5) is 0 Å². The Hall–Kier alpha value is -1.58. The molecule has 0 bridgehead atoms. The van der Waals surface area contributed by atoms with Gasteiger partial charge in [0.15, 0.2) is 5.76 Å². The Morgan fingerprint density at radius 3 is 2.93 bits per heavy atom. The van der Waals surface area contributed by atoms with E-state index in [2.05, 4.69) is 5.10 Å². The SMILES string of the molecule is Cc1nn(C)cc1C(=O)C1=CCCO1. The number of nitrogens with zero attached hydrogens (tertiary/aromatic N) is 2. The molecule has 0 amide bonds. The molecule has 0 unspecified atom stereocenters. The number of aromatic nitrogens is 2. The van der Waals surface area contributed by atoms with Gasteiger partial charge >= 0.3 is 0 Å². The lowest BCUT2D eigenvalue weighted by molar-refractivity contribution is 0.0941. The van der Waals surface area contributed by atoms with Gasteiger partial charge in [-0.25, -0.2) is 0 Å². The fourth-order valence-corrected chi connectivity index (χ4v) is 1.53. The molecule has 4 nitrogen and oxygen atoms in total. The van der Waals surface area contributed by atoms with Crippen molar-refractivity contribution < 1.29 is 9.53 Å². The first-order valence-corrected chi connectivity index (χ1v) is 4.56. The second-order valence-electron chi connectivity index (χ2n) is 3.34. The first-order chi connectivity index (χ1) is 6.68. The summed E-state index contributed by atoms with van der Waals surface area (Å²) < 4.78 is 6.84. The van der Waals surface area contributed by atoms with Crippen LogP contribution in [-0.4, -0.2) is 22.2 Å². The van der Waals surface area contributed by atoms with Crippen molar-refractivity contribution in [1.29, 1.82) is 0 Å². The molecule has 0 saturated carbocycles. The van der Waals surface area contributed by atoms with Crippen molar-refractivity contribution >= 4 is 5.78 Å². The minimum absolute atomic E-state index is 0.0619. The van der Waals surface area contributed by atoms with Gasteiger partial charge in [0, 0.05) is 19.7 Å². The third-order valence-electron chi connectivity index (χ3n) is 2.19. The molecule has 0 aromatic carbocycles. The van der Waals surface area contributed by atoms with Gasteiger partial charge in [0.25, 0.3) is 0 Å². The van der Waals surface area contributed by atoms with E-state index in [9.17, 15) is 4.79 Å². The summed E-state index contributed by atoms with van der Waals surface area (Å²) in [5.41, 5.74) is 1.37. The van der Waals surface area contributed by atoms with Crippen molar-refractivity contribution in [2.45, 2.75) is 13.3 Å². The highest BCUT2D eigenvalue weighted by Gasteiger charge is 2.20. The van der Waals surface area contributed by atoms with Crippen molar-refractivity contribution in [1.82, 2.24) is 9.78 Å². The maximum absolute atomic E-state index is 11.8. The van der Waals surface area contributed by atoms with Gasteiger partial charge in [-0.05, 0) is 13.0 Å². The standard InChI is InChI=1S/C10H12N2O2/c1-7-8(6-12(2)11-7)10(13)9-4-3-5-14-9/h4,6H,3,5H2,1-2H3. The fraction of sp³-hybridized carbons (Fsp3) is 0.400. The molecule has 2 rings (SSSR count). The van der Waals surface area contributed by atoms with Crippen molar-refractivity contribution in [3.63, 3.8) is 0 Å². The van der Waals surface area contributed by atoms with Crippen LogP contribution in [0.3, 0.4) is 0 Å². The molecule has 1 aliphatic rings. The summed E-state index contributed by atoms with van der Waals surface area (Å²) in [7, 11) is 1.80. The van der Waals surface area contributed by atoms with E-state index in [-0.39, 0.29) is 5.78 Å². The number of rotatable bonds is 2. The lowest BCUT2D eigenvalue weighted by Gasteiger charge is -2.00. The van der Waals surface area contributed by atoms with Gasteiger partial charge in [-0.3, -0.25) is 9.48 Å². The van der Waals surface area contributed by atoms with E-state index in [1.54, 1.807) is 17.9 Å². The number of allylic oxidation sites excluding steroid dienone is 1. The summed E-state index contributed by atoms with van der Waals surface area (Å²) in [4.78, 5) is 11.8. The van der Waals surface area contributed by atoms with Crippen LogP contribution in [0.25, 0.3) is 0 Å². The average molecular weight is 192 g/mol. The number of ether oxygens (including phenoxy) is 1. The molecule has 1 aliphatic heterocycles. The number of aryl methyl sites for hydroxylation is 2. The third-order valence-corrected chi connectivity index (χ3v) is 2.19. The molecule has 0 aliphatic carbocycles. The highest BCUT2D eigenvalue weighted by atomic mass is 16.5. The van der Waals surface area contributed by atoms with Crippen LogP contribution in [0.2, 0.25) is 0 Å². The van der Waals surface area contributed by atoms with Gasteiger partial charge in [-0.15, -0.1) is 0 Å². The first-order valence-electron chi connectivity index (χ1n) is 4.56. The Bertz CT molecular complexity index is 404. The van der Waals surface area contributed by atoms with E-state index in [4.69, 9.17) is 4.74 Å². The van der Waals surface area contributed by atoms with E-state index < -0.39 is 0 Å². The molecule has 1 aromatic heterocycles. The Labute approximate surface area is 82.2 Å². The van der Waals surface area contributed by atoms with E-state index in [0.717, 1.165) is 12.1 Å². The normalized spacial score (nSPS) is 15.1. The molecule has 0 spiro atoms. The summed E-state index contributed by atoms with van der Waals surface area (Å²) in [5, 5.41) is 4.12. The highest BCUT2D eigenvalue weighted by Crippen LogP contribution is 2.17. The van der Waals surface area contributed by atoms with E-state index >= 15 is 0 Å². The van der Waals surface area contributed by atoms with Crippen LogP contribution in [0.5, 0.6) is 0 Å². The number of carbonyl (C=O) groups is 1. The molecule has 14 heavy (non-hydrogen) atoms. The number of ketones is 1. The Morgan fingerprint density at radius 1 is 1.64 bits per heavy atom. The summed E-state index contributed by atoms with van der Waals surface area (Å²) in [6.07, 6.45) is 4.37. The summed E-state index contributed by atoms with van der Waals surface area (Å²) >= 11 is 0. The number of Topliss-reactive ketones (excluding diaryl/α,β-unsaturated/α-hetero) is 1. The maximum atomic E-state index is 11.8. The molecule has 2 heterocycles. The Morgan fingerprint density at radius 2 is 2.43 bits per heavy atom. The smallest absolute Gasteiger partial charge is 0.230 e. The first kappa shape index (κ1) is 8.99. The maximum Gasteiger partial charge on any atom is 0.230 e. The molecule has 1 aromatic rings. The van der Waals surface area contributed by atoms with Gasteiger partial charge in [-0.2, -0.15) is 5.10 Å². The zero-order chi connectivity index (χ0) is 10.1. The zero-order valence-corrected chi connectivity index (χ0v) is 8.28. The number of hydrogen-bond acceptors (Lipinski definition) is 3. The van der Waals surface area contributed by atoms with Crippen LogP contribution >= 0.6 is 0 Å². The molecular weight excluding hydrogens is 180 g/mol. The van der Waals surface area contributed by atoms with Crippen molar-refractivity contribution in [3.8, 4) is 0 Å². The molecule has 0 N–H and O–H groups in total. The summed E-state index contributed by atoms with van der Waals surface area (Å²) in [6.45, 7) is 2.43. The van der Waals surface area contributed by atoms with Gasteiger partial charge in [0.05, 0.1) is 17.9 Å². The van der Waals surface area contributed by atoms with Gasteiger partial charge < -0.3 is 4.74 Å². The average Bonchev–Trinajstić information content (AvgIpc) is 2.73. The minimum atomic E-state index is -0.0619. The van der Waals surface area contributed by atoms with Gasteiger partial charge in [-0.1, -0.05) is 0 Å². The lowest BCUT2D eigenvalue weighted by atomic mass is 10.1. The molecule has 74 valence electrons. The van der Waals surface area contributed by atoms with Crippen molar-refractivity contribution in [2.24, 2.45) is 7.05 Å². The predicted octanol–water partition coefficient (Wildman–Crippen LogP) is 1.22. The molecule has 0 atom stereocenters. The molecule has 4 heteroatoms. The van der Waals surface area contributed by atoms with Crippen LogP contribution < -0.4 is 0 Å². The van der Waals surface area contributed by atoms with E-state index in [1.165, 1.54) is 0 Å². The molecule has 0 fully saturated rings. The van der Waals surface area contributed by atoms with Gasteiger partial charge in [0.2, 0.25) is 5.78 Å². The topological polar surface area (TPSA) is 44.1 Å². The Balaban J connectivity index is 2.30. The number of hydrogen-bond donors (Lipinski definition) is 0. The van der Waals surface area contributed by atoms with Gasteiger partial charge in [0.1, 0.15) is 0 Å². The highest BCUT2D eigenvalue weighted by molar-refractivity contribution is 6.08. The summed E-state index contributed by atoms with van der Waals surface area (Å²) in [5.74, 6) is 0.397. The predicted molar refractivity (Wildman–Crippen MR) is 50.9 cm³/mol. The van der Waals surface area contributed by atoms with Crippen molar-refractivity contribution in [3.05, 3.63) is 29.3 Å². The molecular formula is C10H12N2O2. The van der Waals surface area contributed by atoms with Crippen molar-refractivity contribution in [2.75, 3.05) is 6.61 Å². The second kappa shape index (κ2) is 3.29. The van der Waals surface area contributed by atoms with Crippen LogP contribution in [0.15, 0.2) is 18.0 Å².